The highest BCUT2D eigenvalue weighted by atomic mass is 16.3. The second-order valence-corrected chi connectivity index (χ2v) is 5.51. The number of aliphatic hydroxyl groups is 1. The number of benzene rings is 1. The van der Waals surface area contributed by atoms with Crippen LogP contribution >= 0.6 is 0 Å². The van der Waals surface area contributed by atoms with E-state index in [1.54, 1.807) is 0 Å². The standard InChI is InChI=1S/C14H20N2O/c15-12-3-1-2-10(6-12)7-16-8-11-4-5-14(17)13(11)9-16/h1-3,6,11,13-14,17H,4-5,7-9,15H2. The molecule has 0 bridgehead atoms. The van der Waals surface area contributed by atoms with Crippen molar-refractivity contribution in [3.8, 4) is 0 Å². The molecule has 0 amide bonds. The molecule has 0 spiro atoms. The van der Waals surface area contributed by atoms with Crippen molar-refractivity contribution < 1.29 is 5.11 Å². The number of hydrogen-bond acceptors (Lipinski definition) is 3. The number of nitrogens with two attached hydrogens (primary N) is 1. The Bertz CT molecular complexity index is 407. The molecule has 2 aliphatic rings. The first kappa shape index (κ1) is 11.1. The first-order valence-corrected chi connectivity index (χ1v) is 6.47. The maximum atomic E-state index is 9.88. The quantitative estimate of drug-likeness (QED) is 0.759. The summed E-state index contributed by atoms with van der Waals surface area (Å²) in [6.07, 6.45) is 2.13. The van der Waals surface area contributed by atoms with Crippen molar-refractivity contribution in [2.45, 2.75) is 25.5 Å². The minimum Gasteiger partial charge on any atom is -0.399 e. The van der Waals surface area contributed by atoms with Gasteiger partial charge >= 0.3 is 0 Å². The van der Waals surface area contributed by atoms with Crippen molar-refractivity contribution in [2.24, 2.45) is 11.8 Å². The van der Waals surface area contributed by atoms with Crippen molar-refractivity contribution in [1.29, 1.82) is 0 Å². The average molecular weight is 232 g/mol. The fourth-order valence-corrected chi connectivity index (χ4v) is 3.41. The van der Waals surface area contributed by atoms with Gasteiger partial charge in [-0.15, -0.1) is 0 Å². The molecule has 3 N–H and O–H groups in total. The van der Waals surface area contributed by atoms with E-state index >= 15 is 0 Å². The molecule has 1 saturated heterocycles. The van der Waals surface area contributed by atoms with Crippen LogP contribution in [0.5, 0.6) is 0 Å². The van der Waals surface area contributed by atoms with Crippen LogP contribution in [0.1, 0.15) is 18.4 Å². The smallest absolute Gasteiger partial charge is 0.0583 e. The van der Waals surface area contributed by atoms with Crippen LogP contribution in [-0.2, 0) is 6.54 Å². The molecule has 1 aliphatic carbocycles. The average Bonchev–Trinajstić information content (AvgIpc) is 2.82. The third-order valence-corrected chi connectivity index (χ3v) is 4.25. The van der Waals surface area contributed by atoms with E-state index in [9.17, 15) is 5.11 Å². The van der Waals surface area contributed by atoms with Crippen molar-refractivity contribution in [3.63, 3.8) is 0 Å². The molecule has 17 heavy (non-hydrogen) atoms. The van der Waals surface area contributed by atoms with Gasteiger partial charge in [0.2, 0.25) is 0 Å². The number of likely N-dealkylation sites (tertiary alicyclic amines) is 1. The van der Waals surface area contributed by atoms with Gasteiger partial charge in [-0.25, -0.2) is 0 Å². The molecule has 3 unspecified atom stereocenters. The normalized spacial score (nSPS) is 32.9. The summed E-state index contributed by atoms with van der Waals surface area (Å²) < 4.78 is 0. The fourth-order valence-electron chi connectivity index (χ4n) is 3.41. The van der Waals surface area contributed by atoms with Crippen molar-refractivity contribution in [2.75, 3.05) is 18.8 Å². The zero-order chi connectivity index (χ0) is 11.8. The Morgan fingerprint density at radius 2 is 2.18 bits per heavy atom. The van der Waals surface area contributed by atoms with Crippen molar-refractivity contribution in [1.82, 2.24) is 4.90 Å². The molecule has 3 rings (SSSR count). The van der Waals surface area contributed by atoms with E-state index in [1.807, 2.05) is 18.2 Å². The highest BCUT2D eigenvalue weighted by Gasteiger charge is 2.41. The third-order valence-electron chi connectivity index (χ3n) is 4.25. The molecule has 3 atom stereocenters. The van der Waals surface area contributed by atoms with Crippen LogP contribution < -0.4 is 5.73 Å². The molecule has 1 aromatic rings. The van der Waals surface area contributed by atoms with Gasteiger partial charge in [0.25, 0.3) is 0 Å². The summed E-state index contributed by atoms with van der Waals surface area (Å²) >= 11 is 0. The predicted octanol–water partition coefficient (Wildman–Crippen LogP) is 1.47. The van der Waals surface area contributed by atoms with E-state index in [4.69, 9.17) is 5.73 Å². The predicted molar refractivity (Wildman–Crippen MR) is 68.4 cm³/mol. The topological polar surface area (TPSA) is 49.5 Å². The van der Waals surface area contributed by atoms with Gasteiger partial charge in [0.15, 0.2) is 0 Å². The first-order chi connectivity index (χ1) is 8.22. The van der Waals surface area contributed by atoms with Crippen LogP contribution in [-0.4, -0.2) is 29.2 Å². The Kier molecular flexibility index (Phi) is 2.81. The largest absolute Gasteiger partial charge is 0.399 e. The van der Waals surface area contributed by atoms with Gasteiger partial charge in [-0.3, -0.25) is 4.90 Å². The summed E-state index contributed by atoms with van der Waals surface area (Å²) in [6.45, 7) is 3.14. The van der Waals surface area contributed by atoms with Gasteiger partial charge in [-0.2, -0.15) is 0 Å². The Morgan fingerprint density at radius 3 is 2.94 bits per heavy atom. The van der Waals surface area contributed by atoms with Gasteiger partial charge < -0.3 is 10.8 Å². The molecular formula is C14H20N2O. The van der Waals surface area contributed by atoms with Crippen molar-refractivity contribution in [3.05, 3.63) is 29.8 Å². The number of fused-ring (bicyclic) bond motifs is 1. The molecule has 0 radical (unpaired) electrons. The molecule has 1 heterocycles. The first-order valence-electron chi connectivity index (χ1n) is 6.47. The van der Waals surface area contributed by atoms with Gasteiger partial charge in [0.05, 0.1) is 6.10 Å². The zero-order valence-corrected chi connectivity index (χ0v) is 10.0. The lowest BCUT2D eigenvalue weighted by Gasteiger charge is -2.18. The summed E-state index contributed by atoms with van der Waals surface area (Å²) in [7, 11) is 0. The SMILES string of the molecule is Nc1cccc(CN2CC3CCC(O)C3C2)c1. The number of hydrogen-bond donors (Lipinski definition) is 2. The van der Waals surface area contributed by atoms with Crippen LogP contribution in [0, 0.1) is 11.8 Å². The van der Waals surface area contributed by atoms with E-state index < -0.39 is 0 Å². The van der Waals surface area contributed by atoms with Crippen molar-refractivity contribution >= 4 is 5.69 Å². The summed E-state index contributed by atoms with van der Waals surface area (Å²) in [6, 6.07) is 8.10. The number of rotatable bonds is 2. The van der Waals surface area contributed by atoms with Crippen LogP contribution in [0.4, 0.5) is 5.69 Å². The van der Waals surface area contributed by atoms with E-state index in [0.29, 0.717) is 11.8 Å². The molecular weight excluding hydrogens is 212 g/mol. The van der Waals surface area contributed by atoms with E-state index in [1.165, 1.54) is 12.0 Å². The second-order valence-electron chi connectivity index (χ2n) is 5.51. The Hall–Kier alpha value is -1.06. The third kappa shape index (κ3) is 2.17. The second kappa shape index (κ2) is 4.31. The number of anilines is 1. The Labute approximate surface area is 102 Å². The zero-order valence-electron chi connectivity index (χ0n) is 10.0. The van der Waals surface area contributed by atoms with Gasteiger partial charge in [0, 0.05) is 31.2 Å². The molecule has 2 fully saturated rings. The van der Waals surface area contributed by atoms with Gasteiger partial charge in [-0.05, 0) is 36.5 Å². The van der Waals surface area contributed by atoms with Gasteiger partial charge in [0.1, 0.15) is 0 Å². The summed E-state index contributed by atoms with van der Waals surface area (Å²) in [5, 5.41) is 9.88. The van der Waals surface area contributed by atoms with E-state index in [-0.39, 0.29) is 6.10 Å². The number of nitrogens with zero attached hydrogens (tertiary/aromatic N) is 1. The lowest BCUT2D eigenvalue weighted by molar-refractivity contribution is 0.123. The highest BCUT2D eigenvalue weighted by molar-refractivity contribution is 5.40. The molecule has 1 saturated carbocycles. The minimum absolute atomic E-state index is 0.0640. The monoisotopic (exact) mass is 232 g/mol. The molecule has 0 aromatic heterocycles. The minimum atomic E-state index is -0.0640. The highest BCUT2D eigenvalue weighted by Crippen LogP contribution is 2.38. The Morgan fingerprint density at radius 1 is 1.29 bits per heavy atom. The summed E-state index contributed by atoms with van der Waals surface area (Å²) in [5.74, 6) is 1.22. The fraction of sp³-hybridized carbons (Fsp3) is 0.571. The maximum Gasteiger partial charge on any atom is 0.0583 e. The van der Waals surface area contributed by atoms with E-state index in [0.717, 1.165) is 31.7 Å². The molecule has 3 heteroatoms. The molecule has 92 valence electrons. The van der Waals surface area contributed by atoms with E-state index in [2.05, 4.69) is 11.0 Å². The van der Waals surface area contributed by atoms with Crippen LogP contribution in [0.3, 0.4) is 0 Å². The lowest BCUT2D eigenvalue weighted by Crippen LogP contribution is -2.24. The number of nitrogen functional groups attached to an aromatic ring is 1. The lowest BCUT2D eigenvalue weighted by atomic mass is 10.00. The van der Waals surface area contributed by atoms with Crippen LogP contribution in [0.15, 0.2) is 24.3 Å². The summed E-state index contributed by atoms with van der Waals surface area (Å²) in [4.78, 5) is 2.45. The maximum absolute atomic E-state index is 9.88. The molecule has 1 aliphatic heterocycles. The summed E-state index contributed by atoms with van der Waals surface area (Å²) in [5.41, 5.74) is 7.90. The number of aliphatic hydroxyl groups excluding tert-OH is 1. The molecule has 1 aromatic carbocycles. The Balaban J connectivity index is 1.64. The van der Waals surface area contributed by atoms with Crippen LogP contribution in [0.25, 0.3) is 0 Å². The van der Waals surface area contributed by atoms with Gasteiger partial charge in [-0.1, -0.05) is 12.1 Å². The van der Waals surface area contributed by atoms with Crippen LogP contribution in [0.2, 0.25) is 0 Å². The molecule has 3 nitrogen and oxygen atoms in total.